The lowest BCUT2D eigenvalue weighted by molar-refractivity contribution is 0.0250. The molecule has 3 rings (SSSR count). The topological polar surface area (TPSA) is 46.2 Å². The Bertz CT molecular complexity index is 381. The lowest BCUT2D eigenvalue weighted by Gasteiger charge is -2.25. The molecule has 1 aliphatic carbocycles. The molecule has 1 saturated carbocycles. The van der Waals surface area contributed by atoms with Crippen LogP contribution in [0.2, 0.25) is 0 Å². The fourth-order valence-electron chi connectivity index (χ4n) is 2.92. The van der Waals surface area contributed by atoms with E-state index in [-0.39, 0.29) is 6.10 Å². The molecule has 1 aromatic heterocycles. The predicted octanol–water partition coefficient (Wildman–Crippen LogP) is 2.49. The Morgan fingerprint density at radius 1 is 1.21 bits per heavy atom. The van der Waals surface area contributed by atoms with Crippen LogP contribution in [0.15, 0.2) is 18.3 Å². The summed E-state index contributed by atoms with van der Waals surface area (Å²) in [6, 6.07) is 4.85. The summed E-state index contributed by atoms with van der Waals surface area (Å²) in [4.78, 5) is 4.54. The van der Waals surface area contributed by atoms with E-state index in [0.29, 0.717) is 6.04 Å². The van der Waals surface area contributed by atoms with Crippen molar-refractivity contribution in [3.63, 3.8) is 0 Å². The van der Waals surface area contributed by atoms with Gasteiger partial charge in [0.2, 0.25) is 0 Å². The third-order valence-corrected chi connectivity index (χ3v) is 4.02. The van der Waals surface area contributed by atoms with Gasteiger partial charge in [0.15, 0.2) is 0 Å². The quantitative estimate of drug-likeness (QED) is 0.877. The molecule has 2 aliphatic rings. The minimum Gasteiger partial charge on any atom is -0.381 e. The summed E-state index contributed by atoms with van der Waals surface area (Å²) < 4.78 is 5.71. The van der Waals surface area contributed by atoms with Crippen molar-refractivity contribution < 1.29 is 4.74 Å². The number of rotatable bonds is 3. The Morgan fingerprint density at radius 3 is 2.79 bits per heavy atom. The minimum atomic E-state index is 0.109. The molecule has 1 saturated heterocycles. The lowest BCUT2D eigenvalue weighted by atomic mass is 9.95. The molecular weight excluding hydrogens is 238 g/mol. The van der Waals surface area contributed by atoms with Gasteiger partial charge >= 0.3 is 0 Å². The molecule has 0 spiro atoms. The van der Waals surface area contributed by atoms with Gasteiger partial charge in [-0.15, -0.1) is 0 Å². The Balaban J connectivity index is 1.58. The number of nitrogens with zero attached hydrogens (tertiary/aromatic N) is 1. The summed E-state index contributed by atoms with van der Waals surface area (Å²) in [5.41, 5.74) is 2.17. The van der Waals surface area contributed by atoms with Crippen molar-refractivity contribution in [2.45, 2.75) is 44.2 Å². The Hall–Kier alpha value is -1.13. The van der Waals surface area contributed by atoms with Crippen LogP contribution in [0.3, 0.4) is 0 Å². The Morgan fingerprint density at radius 2 is 2.11 bits per heavy atom. The van der Waals surface area contributed by atoms with Gasteiger partial charge in [0.05, 0.1) is 24.2 Å². The molecule has 2 fully saturated rings. The average molecular weight is 261 g/mol. The van der Waals surface area contributed by atoms with E-state index in [0.717, 1.165) is 31.1 Å². The highest BCUT2D eigenvalue weighted by Crippen LogP contribution is 2.22. The van der Waals surface area contributed by atoms with Crippen molar-refractivity contribution in [2.24, 2.45) is 0 Å². The smallest absolute Gasteiger partial charge is 0.112 e. The summed E-state index contributed by atoms with van der Waals surface area (Å²) >= 11 is 0. The number of ether oxygens (including phenoxy) is 1. The molecular formula is C15H23N3O. The van der Waals surface area contributed by atoms with Gasteiger partial charge in [-0.25, -0.2) is 0 Å². The number of anilines is 1. The van der Waals surface area contributed by atoms with Crippen molar-refractivity contribution >= 4 is 5.69 Å². The van der Waals surface area contributed by atoms with Crippen LogP contribution in [0, 0.1) is 0 Å². The molecule has 4 heteroatoms. The molecule has 19 heavy (non-hydrogen) atoms. The molecule has 2 heterocycles. The molecule has 1 aliphatic heterocycles. The summed E-state index contributed by atoms with van der Waals surface area (Å²) in [7, 11) is 0. The summed E-state index contributed by atoms with van der Waals surface area (Å²) in [6.07, 6.45) is 8.73. The van der Waals surface area contributed by atoms with Gasteiger partial charge in [-0.1, -0.05) is 19.3 Å². The van der Waals surface area contributed by atoms with E-state index in [4.69, 9.17) is 4.74 Å². The van der Waals surface area contributed by atoms with Crippen LogP contribution in [-0.4, -0.2) is 30.7 Å². The fourth-order valence-corrected chi connectivity index (χ4v) is 2.92. The molecule has 2 N–H and O–H groups in total. The summed E-state index contributed by atoms with van der Waals surface area (Å²) in [5.74, 6) is 0. The van der Waals surface area contributed by atoms with Crippen LogP contribution in [0.5, 0.6) is 0 Å². The van der Waals surface area contributed by atoms with Crippen molar-refractivity contribution in [3.8, 4) is 0 Å². The standard InChI is InChI=1S/C15H23N3O/c1-2-4-12(5-3-1)18-13-6-7-14(17-10-13)15-11-16-8-9-19-15/h6-7,10,12,15-16,18H,1-5,8-9,11H2. The van der Waals surface area contributed by atoms with Crippen LogP contribution in [0.4, 0.5) is 5.69 Å². The lowest BCUT2D eigenvalue weighted by Crippen LogP contribution is -2.33. The third kappa shape index (κ3) is 3.45. The van der Waals surface area contributed by atoms with Crippen molar-refractivity contribution in [3.05, 3.63) is 24.0 Å². The van der Waals surface area contributed by atoms with E-state index in [1.165, 1.54) is 32.1 Å². The molecule has 104 valence electrons. The largest absolute Gasteiger partial charge is 0.381 e. The maximum absolute atomic E-state index is 5.71. The third-order valence-electron chi connectivity index (χ3n) is 4.02. The molecule has 0 bridgehead atoms. The zero-order valence-corrected chi connectivity index (χ0v) is 11.4. The number of hydrogen-bond donors (Lipinski definition) is 2. The number of morpholine rings is 1. The van der Waals surface area contributed by atoms with Crippen molar-refractivity contribution in [1.29, 1.82) is 0 Å². The molecule has 0 radical (unpaired) electrons. The molecule has 0 amide bonds. The van der Waals surface area contributed by atoms with Gasteiger partial charge in [-0.05, 0) is 25.0 Å². The Labute approximate surface area is 115 Å². The van der Waals surface area contributed by atoms with Crippen molar-refractivity contribution in [2.75, 3.05) is 25.0 Å². The van der Waals surface area contributed by atoms with E-state index < -0.39 is 0 Å². The van der Waals surface area contributed by atoms with Gasteiger partial charge in [0, 0.05) is 19.1 Å². The second-order valence-corrected chi connectivity index (χ2v) is 5.51. The molecule has 0 aromatic carbocycles. The summed E-state index contributed by atoms with van der Waals surface area (Å²) in [5, 5.41) is 6.93. The molecule has 1 aromatic rings. The highest BCUT2D eigenvalue weighted by Gasteiger charge is 2.17. The first-order valence-electron chi connectivity index (χ1n) is 7.46. The van der Waals surface area contributed by atoms with Crippen LogP contribution in [0.25, 0.3) is 0 Å². The highest BCUT2D eigenvalue weighted by atomic mass is 16.5. The van der Waals surface area contributed by atoms with Gasteiger partial charge in [0.25, 0.3) is 0 Å². The van der Waals surface area contributed by atoms with Crippen LogP contribution < -0.4 is 10.6 Å². The number of aromatic nitrogens is 1. The zero-order chi connectivity index (χ0) is 12.9. The van der Waals surface area contributed by atoms with E-state index in [1.54, 1.807) is 0 Å². The van der Waals surface area contributed by atoms with E-state index in [2.05, 4.69) is 27.8 Å². The van der Waals surface area contributed by atoms with Gasteiger partial charge < -0.3 is 15.4 Å². The highest BCUT2D eigenvalue weighted by molar-refractivity contribution is 5.42. The van der Waals surface area contributed by atoms with Crippen LogP contribution in [-0.2, 0) is 4.74 Å². The summed E-state index contributed by atoms with van der Waals surface area (Å²) in [6.45, 7) is 2.58. The Kier molecular flexibility index (Phi) is 4.30. The fraction of sp³-hybridized carbons (Fsp3) is 0.667. The van der Waals surface area contributed by atoms with Gasteiger partial charge in [-0.3, -0.25) is 4.98 Å². The molecule has 1 unspecified atom stereocenters. The monoisotopic (exact) mass is 261 g/mol. The normalized spacial score (nSPS) is 25.2. The second-order valence-electron chi connectivity index (χ2n) is 5.51. The van der Waals surface area contributed by atoms with Crippen LogP contribution >= 0.6 is 0 Å². The minimum absolute atomic E-state index is 0.109. The first-order valence-corrected chi connectivity index (χ1v) is 7.46. The first kappa shape index (κ1) is 12.9. The van der Waals surface area contributed by atoms with Gasteiger partial charge in [-0.2, -0.15) is 0 Å². The maximum atomic E-state index is 5.71. The van der Waals surface area contributed by atoms with Gasteiger partial charge in [0.1, 0.15) is 6.10 Å². The van der Waals surface area contributed by atoms with Crippen molar-refractivity contribution in [1.82, 2.24) is 10.3 Å². The molecule has 4 nitrogen and oxygen atoms in total. The number of nitrogens with one attached hydrogen (secondary N) is 2. The van der Waals surface area contributed by atoms with E-state index in [9.17, 15) is 0 Å². The number of pyridine rings is 1. The van der Waals surface area contributed by atoms with Crippen LogP contribution in [0.1, 0.15) is 43.9 Å². The molecule has 1 atom stereocenters. The first-order chi connectivity index (χ1) is 9.42. The number of hydrogen-bond acceptors (Lipinski definition) is 4. The predicted molar refractivity (Wildman–Crippen MR) is 76.3 cm³/mol. The maximum Gasteiger partial charge on any atom is 0.112 e. The SMILES string of the molecule is c1cc(C2CNCCO2)ncc1NC1CCCCC1. The zero-order valence-electron chi connectivity index (χ0n) is 11.4. The second kappa shape index (κ2) is 6.35. The van der Waals surface area contributed by atoms with E-state index >= 15 is 0 Å². The average Bonchev–Trinajstić information content (AvgIpc) is 2.50. The van der Waals surface area contributed by atoms with E-state index in [1.807, 2.05) is 6.20 Å².